The average Bonchev–Trinajstić information content (AvgIpc) is 2.65. The van der Waals surface area contributed by atoms with E-state index in [2.05, 4.69) is 15.6 Å². The van der Waals surface area contributed by atoms with Gasteiger partial charge in [0.25, 0.3) is 0 Å². The maximum absolute atomic E-state index is 13.7. The van der Waals surface area contributed by atoms with Crippen molar-refractivity contribution in [2.24, 2.45) is 10.1 Å². The normalized spacial score (nSPS) is 12.6. The van der Waals surface area contributed by atoms with E-state index in [0.29, 0.717) is 25.6 Å². The highest BCUT2D eigenvalue weighted by atomic mass is 127. The molecule has 0 heterocycles. The Morgan fingerprint density at radius 3 is 2.41 bits per heavy atom. The lowest BCUT2D eigenvalue weighted by atomic mass is 10.2. The lowest BCUT2D eigenvalue weighted by Crippen LogP contribution is -2.41. The molecule has 0 fully saturated rings. The molecule has 2 rings (SSSR count). The maximum Gasteiger partial charge on any atom is 0.238 e. The molecular formula is C19H26FIN4O3S. The second-order valence-corrected chi connectivity index (χ2v) is 7.69. The average molecular weight is 536 g/mol. The highest BCUT2D eigenvalue weighted by Crippen LogP contribution is 2.16. The quantitative estimate of drug-likeness (QED) is 0.273. The van der Waals surface area contributed by atoms with Crippen LogP contribution in [0.5, 0.6) is 5.75 Å². The van der Waals surface area contributed by atoms with Crippen LogP contribution in [0, 0.1) is 5.82 Å². The number of sulfonamides is 1. The van der Waals surface area contributed by atoms with Crippen LogP contribution in [0.15, 0.2) is 58.4 Å². The van der Waals surface area contributed by atoms with Gasteiger partial charge >= 0.3 is 0 Å². The fourth-order valence-corrected chi connectivity index (χ4v) is 2.85. The highest BCUT2D eigenvalue weighted by Gasteiger charge is 2.09. The van der Waals surface area contributed by atoms with Gasteiger partial charge in [-0.2, -0.15) is 0 Å². The van der Waals surface area contributed by atoms with Gasteiger partial charge < -0.3 is 15.4 Å². The fourth-order valence-electron chi connectivity index (χ4n) is 2.34. The van der Waals surface area contributed by atoms with Gasteiger partial charge in [-0.1, -0.05) is 24.3 Å². The largest absolute Gasteiger partial charge is 0.486 e. The lowest BCUT2D eigenvalue weighted by Gasteiger charge is -2.18. The molecule has 1 atom stereocenters. The molecule has 0 saturated carbocycles. The van der Waals surface area contributed by atoms with Crippen LogP contribution >= 0.6 is 24.0 Å². The van der Waals surface area contributed by atoms with Crippen LogP contribution in [0.3, 0.4) is 0 Å². The van der Waals surface area contributed by atoms with Crippen molar-refractivity contribution in [3.8, 4) is 5.75 Å². The minimum absolute atomic E-state index is 0. The van der Waals surface area contributed by atoms with Crippen LogP contribution in [0.4, 0.5) is 4.39 Å². The number of guanidine groups is 1. The van der Waals surface area contributed by atoms with Crippen molar-refractivity contribution < 1.29 is 17.5 Å². The van der Waals surface area contributed by atoms with E-state index in [1.54, 1.807) is 30.3 Å². The van der Waals surface area contributed by atoms with E-state index < -0.39 is 15.8 Å². The van der Waals surface area contributed by atoms with Gasteiger partial charge in [0.1, 0.15) is 6.10 Å². The first kappa shape index (κ1) is 25.1. The number of rotatable bonds is 8. The zero-order valence-corrected chi connectivity index (χ0v) is 19.4. The molecule has 4 N–H and O–H groups in total. The van der Waals surface area contributed by atoms with Gasteiger partial charge in [0.05, 0.1) is 18.0 Å². The summed E-state index contributed by atoms with van der Waals surface area (Å²) in [6.45, 7) is 5.21. The molecule has 0 saturated heterocycles. The number of halogens is 2. The van der Waals surface area contributed by atoms with Crippen LogP contribution < -0.4 is 20.5 Å². The molecular weight excluding hydrogens is 510 g/mol. The highest BCUT2D eigenvalue weighted by molar-refractivity contribution is 14.0. The Bertz CT molecular complexity index is 908. The van der Waals surface area contributed by atoms with Gasteiger partial charge in [-0.05, 0) is 43.7 Å². The van der Waals surface area contributed by atoms with Crippen LogP contribution in [0.25, 0.3) is 0 Å². The molecule has 29 heavy (non-hydrogen) atoms. The molecule has 160 valence electrons. The summed E-state index contributed by atoms with van der Waals surface area (Å²) in [5.41, 5.74) is 0.834. The zero-order chi connectivity index (χ0) is 20.6. The summed E-state index contributed by atoms with van der Waals surface area (Å²) in [6.07, 6.45) is -0.283. The second-order valence-electron chi connectivity index (χ2n) is 6.12. The molecule has 0 radical (unpaired) electrons. The number of hydrogen-bond donors (Lipinski definition) is 3. The number of nitrogens with zero attached hydrogens (tertiary/aromatic N) is 1. The van der Waals surface area contributed by atoms with Crippen LogP contribution in [0.2, 0.25) is 0 Å². The van der Waals surface area contributed by atoms with Gasteiger partial charge in [0.15, 0.2) is 17.5 Å². The van der Waals surface area contributed by atoms with Gasteiger partial charge in [0.2, 0.25) is 10.0 Å². The second kappa shape index (κ2) is 11.9. The third kappa shape index (κ3) is 8.54. The molecule has 7 nitrogen and oxygen atoms in total. The number of benzene rings is 2. The molecule has 2 aromatic carbocycles. The number of para-hydroxylation sites is 1. The summed E-state index contributed by atoms with van der Waals surface area (Å²) in [4.78, 5) is 4.52. The molecule has 2 aromatic rings. The molecule has 0 aliphatic rings. The van der Waals surface area contributed by atoms with E-state index in [-0.39, 0.29) is 40.7 Å². The minimum Gasteiger partial charge on any atom is -0.486 e. The predicted molar refractivity (Wildman–Crippen MR) is 123 cm³/mol. The van der Waals surface area contributed by atoms with E-state index in [9.17, 15) is 12.8 Å². The smallest absolute Gasteiger partial charge is 0.238 e. The minimum atomic E-state index is -3.71. The Balaban J connectivity index is 0.00000420. The predicted octanol–water partition coefficient (Wildman–Crippen LogP) is 2.61. The molecule has 10 heteroatoms. The third-order valence-corrected chi connectivity index (χ3v) is 4.67. The Labute approximate surface area is 188 Å². The molecule has 0 amide bonds. The van der Waals surface area contributed by atoms with Gasteiger partial charge in [-0.25, -0.2) is 22.9 Å². The van der Waals surface area contributed by atoms with E-state index in [1.807, 2.05) is 13.8 Å². The summed E-state index contributed by atoms with van der Waals surface area (Å²) in [7, 11) is -3.71. The van der Waals surface area contributed by atoms with Crippen LogP contribution in [0.1, 0.15) is 19.4 Å². The third-order valence-electron chi connectivity index (χ3n) is 3.74. The lowest BCUT2D eigenvalue weighted by molar-refractivity contribution is 0.214. The zero-order valence-electron chi connectivity index (χ0n) is 16.3. The number of nitrogens with two attached hydrogens (primary N) is 1. The molecule has 0 spiro atoms. The van der Waals surface area contributed by atoms with Crippen molar-refractivity contribution in [3.63, 3.8) is 0 Å². The maximum atomic E-state index is 13.7. The Hall–Kier alpha value is -1.92. The van der Waals surface area contributed by atoms with Gasteiger partial charge in [0, 0.05) is 6.54 Å². The number of hydrogen-bond acceptors (Lipinski definition) is 4. The van der Waals surface area contributed by atoms with E-state index in [4.69, 9.17) is 9.88 Å². The van der Waals surface area contributed by atoms with Crippen LogP contribution in [-0.4, -0.2) is 33.6 Å². The summed E-state index contributed by atoms with van der Waals surface area (Å²) < 4.78 is 41.8. The van der Waals surface area contributed by atoms with Crippen molar-refractivity contribution in [2.45, 2.75) is 31.4 Å². The summed E-state index contributed by atoms with van der Waals surface area (Å²) in [5.74, 6) is 0.369. The molecule has 0 bridgehead atoms. The van der Waals surface area contributed by atoms with Gasteiger partial charge in [-0.15, -0.1) is 24.0 Å². The first-order chi connectivity index (χ1) is 13.3. The van der Waals surface area contributed by atoms with Gasteiger partial charge in [-0.3, -0.25) is 0 Å². The SMILES string of the molecule is CCNC(=NCc1ccc(S(N)(=O)=O)cc1)NCC(C)Oc1ccccc1F.I. The Kier molecular flexibility index (Phi) is 10.3. The van der Waals surface area contributed by atoms with Crippen molar-refractivity contribution >= 4 is 40.0 Å². The molecule has 0 aliphatic carbocycles. The van der Waals surface area contributed by atoms with Crippen molar-refractivity contribution in [1.29, 1.82) is 0 Å². The molecule has 0 aliphatic heterocycles. The van der Waals surface area contributed by atoms with Crippen molar-refractivity contribution in [2.75, 3.05) is 13.1 Å². The van der Waals surface area contributed by atoms with E-state index in [0.717, 1.165) is 5.56 Å². The first-order valence-corrected chi connectivity index (χ1v) is 10.4. The molecule has 0 aromatic heterocycles. The number of ether oxygens (including phenoxy) is 1. The first-order valence-electron chi connectivity index (χ1n) is 8.84. The van der Waals surface area contributed by atoms with E-state index in [1.165, 1.54) is 18.2 Å². The Morgan fingerprint density at radius 1 is 1.17 bits per heavy atom. The topological polar surface area (TPSA) is 106 Å². The van der Waals surface area contributed by atoms with Crippen molar-refractivity contribution in [1.82, 2.24) is 10.6 Å². The van der Waals surface area contributed by atoms with Crippen molar-refractivity contribution in [3.05, 3.63) is 59.9 Å². The number of aliphatic imine (C=N–C) groups is 1. The summed E-state index contributed by atoms with van der Waals surface area (Å²) >= 11 is 0. The van der Waals surface area contributed by atoms with E-state index >= 15 is 0 Å². The Morgan fingerprint density at radius 2 is 1.83 bits per heavy atom. The van der Waals surface area contributed by atoms with Crippen LogP contribution in [-0.2, 0) is 16.6 Å². The summed E-state index contributed by atoms with van der Waals surface area (Å²) in [5, 5.41) is 11.3. The monoisotopic (exact) mass is 536 g/mol. The fraction of sp³-hybridized carbons (Fsp3) is 0.316. The standard InChI is InChI=1S/C19H25FN4O3S.HI/c1-3-22-19(23-12-14(2)27-18-7-5-4-6-17(18)20)24-13-15-8-10-16(11-9-15)28(21,25)26;/h4-11,14H,3,12-13H2,1-2H3,(H2,21,25,26)(H2,22,23,24);1H. The molecule has 1 unspecified atom stereocenters. The number of primary sulfonamides is 1. The summed E-state index contributed by atoms with van der Waals surface area (Å²) in [6, 6.07) is 12.5. The number of nitrogens with one attached hydrogen (secondary N) is 2.